The maximum absolute atomic E-state index is 10.8. The molecule has 0 bridgehead atoms. The van der Waals surface area contributed by atoms with E-state index in [0.717, 1.165) is 0 Å². The summed E-state index contributed by atoms with van der Waals surface area (Å²) >= 11 is 5.78. The van der Waals surface area contributed by atoms with Gasteiger partial charge in [-0.1, -0.05) is 29.8 Å². The summed E-state index contributed by atoms with van der Waals surface area (Å²) < 4.78 is 0. The predicted octanol–water partition coefficient (Wildman–Crippen LogP) is 1.21. The minimum absolute atomic E-state index is 0.314. The van der Waals surface area contributed by atoms with Crippen LogP contribution in [0.2, 0.25) is 5.02 Å². The molecule has 5 heteroatoms. The quantitative estimate of drug-likeness (QED) is 0.739. The molecule has 2 N–H and O–H groups in total. The minimum Gasteiger partial charge on any atom is -0.479 e. The van der Waals surface area contributed by atoms with Gasteiger partial charge in [0.2, 0.25) is 6.41 Å². The van der Waals surface area contributed by atoms with E-state index in [0.29, 0.717) is 17.0 Å². The summed E-state index contributed by atoms with van der Waals surface area (Å²) in [6.45, 7) is 0. The lowest BCUT2D eigenvalue weighted by molar-refractivity contribution is -0.140. The average molecular weight is 214 g/mol. The Morgan fingerprint density at radius 3 is 2.64 bits per heavy atom. The highest BCUT2D eigenvalue weighted by molar-refractivity contribution is 6.31. The molecule has 0 aliphatic rings. The second-order valence-electron chi connectivity index (χ2n) is 2.58. The normalized spacial score (nSPS) is 11.8. The molecular weight excluding hydrogens is 206 g/mol. The number of rotatable bonds is 4. The van der Waals surface area contributed by atoms with Crippen molar-refractivity contribution >= 4 is 24.0 Å². The molecule has 1 aromatic carbocycles. The third kappa shape index (κ3) is 2.23. The van der Waals surface area contributed by atoms with Crippen LogP contribution in [0, 0.1) is 0 Å². The fourth-order valence-corrected chi connectivity index (χ4v) is 1.32. The summed E-state index contributed by atoms with van der Waals surface area (Å²) in [5.74, 6) is -1.15. The van der Waals surface area contributed by atoms with Gasteiger partial charge < -0.3 is 10.4 Å². The second-order valence-corrected chi connectivity index (χ2v) is 2.98. The van der Waals surface area contributed by atoms with Gasteiger partial charge in [0.05, 0.1) is 0 Å². The molecule has 1 aromatic rings. The Hall–Kier alpha value is -1.55. The number of nitrogens with one attached hydrogen (secondary N) is 1. The Labute approximate surface area is 85.5 Å². The molecule has 0 fully saturated rings. The minimum atomic E-state index is -1.15. The summed E-state index contributed by atoms with van der Waals surface area (Å²) in [6.07, 6.45) is 0.335. The number of carbonyl (C=O) groups is 2. The largest absolute Gasteiger partial charge is 0.479 e. The van der Waals surface area contributed by atoms with E-state index in [-0.39, 0.29) is 0 Å². The molecule has 74 valence electrons. The van der Waals surface area contributed by atoms with Gasteiger partial charge >= 0.3 is 5.97 Å². The first-order chi connectivity index (χ1) is 6.66. The van der Waals surface area contributed by atoms with E-state index in [2.05, 4.69) is 5.32 Å². The van der Waals surface area contributed by atoms with E-state index < -0.39 is 12.0 Å². The monoisotopic (exact) mass is 213 g/mol. The summed E-state index contributed by atoms with van der Waals surface area (Å²) in [5.41, 5.74) is 0.369. The van der Waals surface area contributed by atoms with Crippen molar-refractivity contribution in [1.82, 2.24) is 5.32 Å². The van der Waals surface area contributed by atoms with Crippen molar-refractivity contribution in [3.63, 3.8) is 0 Å². The van der Waals surface area contributed by atoms with Crippen LogP contribution in [-0.2, 0) is 9.59 Å². The molecule has 0 spiro atoms. The third-order valence-electron chi connectivity index (χ3n) is 1.70. The Kier molecular flexibility index (Phi) is 3.48. The first kappa shape index (κ1) is 10.5. The number of hydrogen-bond donors (Lipinski definition) is 2. The third-order valence-corrected chi connectivity index (χ3v) is 2.04. The molecule has 4 nitrogen and oxygen atoms in total. The van der Waals surface area contributed by atoms with Crippen LogP contribution in [0.3, 0.4) is 0 Å². The van der Waals surface area contributed by atoms with E-state index >= 15 is 0 Å². The van der Waals surface area contributed by atoms with Crippen molar-refractivity contribution in [2.75, 3.05) is 0 Å². The van der Waals surface area contributed by atoms with Crippen LogP contribution in [0.25, 0.3) is 0 Å². The molecule has 1 amide bonds. The van der Waals surface area contributed by atoms with E-state index in [1.165, 1.54) is 0 Å². The summed E-state index contributed by atoms with van der Waals surface area (Å²) in [7, 11) is 0. The Morgan fingerprint density at radius 1 is 1.50 bits per heavy atom. The van der Waals surface area contributed by atoms with Crippen LogP contribution in [0.4, 0.5) is 0 Å². The zero-order valence-corrected chi connectivity index (χ0v) is 7.86. The lowest BCUT2D eigenvalue weighted by Gasteiger charge is -2.12. The SMILES string of the molecule is O=CNC(C(=O)O)c1ccccc1Cl. The van der Waals surface area contributed by atoms with Crippen LogP contribution < -0.4 is 5.32 Å². The first-order valence-corrected chi connectivity index (χ1v) is 4.21. The van der Waals surface area contributed by atoms with Gasteiger partial charge in [0.25, 0.3) is 0 Å². The van der Waals surface area contributed by atoms with Gasteiger partial charge in [-0.05, 0) is 6.07 Å². The topological polar surface area (TPSA) is 66.4 Å². The lowest BCUT2D eigenvalue weighted by Crippen LogP contribution is -2.27. The van der Waals surface area contributed by atoms with E-state index in [1.54, 1.807) is 24.3 Å². The van der Waals surface area contributed by atoms with Gasteiger partial charge in [-0.15, -0.1) is 0 Å². The number of hydrogen-bond acceptors (Lipinski definition) is 2. The molecule has 1 rings (SSSR count). The molecule has 1 unspecified atom stereocenters. The number of carboxylic acids is 1. The maximum atomic E-state index is 10.8. The van der Waals surface area contributed by atoms with Gasteiger partial charge in [0.1, 0.15) is 0 Å². The van der Waals surface area contributed by atoms with Gasteiger partial charge in [-0.3, -0.25) is 4.79 Å². The predicted molar refractivity (Wildman–Crippen MR) is 51.0 cm³/mol. The van der Waals surface area contributed by atoms with E-state index in [1.807, 2.05) is 0 Å². The van der Waals surface area contributed by atoms with Crippen molar-refractivity contribution in [3.8, 4) is 0 Å². The van der Waals surface area contributed by atoms with E-state index in [9.17, 15) is 9.59 Å². The first-order valence-electron chi connectivity index (χ1n) is 3.83. The van der Waals surface area contributed by atoms with Crippen molar-refractivity contribution in [3.05, 3.63) is 34.9 Å². The standard InChI is InChI=1S/C9H8ClNO3/c10-7-4-2-1-3-6(7)8(9(13)14)11-5-12/h1-5,8H,(H,11,12)(H,13,14). The fraction of sp³-hybridized carbons (Fsp3) is 0.111. The second kappa shape index (κ2) is 4.62. The highest BCUT2D eigenvalue weighted by Crippen LogP contribution is 2.22. The lowest BCUT2D eigenvalue weighted by atomic mass is 10.1. The number of amides is 1. The molecule has 1 atom stereocenters. The Balaban J connectivity index is 3.04. The van der Waals surface area contributed by atoms with Crippen molar-refractivity contribution in [2.45, 2.75) is 6.04 Å². The molecule has 0 aliphatic heterocycles. The Morgan fingerprint density at radius 2 is 2.14 bits per heavy atom. The molecule has 0 saturated heterocycles. The van der Waals surface area contributed by atoms with Crippen molar-refractivity contribution < 1.29 is 14.7 Å². The van der Waals surface area contributed by atoms with Crippen molar-refractivity contribution in [2.24, 2.45) is 0 Å². The summed E-state index contributed by atoms with van der Waals surface area (Å²) in [5, 5.41) is 11.3. The number of benzene rings is 1. The van der Waals surface area contributed by atoms with Crippen LogP contribution >= 0.6 is 11.6 Å². The van der Waals surface area contributed by atoms with Gasteiger partial charge in [-0.25, -0.2) is 4.79 Å². The Bertz CT molecular complexity index is 354. The average Bonchev–Trinajstić information content (AvgIpc) is 2.15. The fourth-order valence-electron chi connectivity index (χ4n) is 1.07. The zero-order valence-electron chi connectivity index (χ0n) is 7.11. The van der Waals surface area contributed by atoms with Crippen LogP contribution in [0.15, 0.2) is 24.3 Å². The number of aliphatic carboxylic acids is 1. The van der Waals surface area contributed by atoms with Gasteiger partial charge in [-0.2, -0.15) is 0 Å². The van der Waals surface area contributed by atoms with E-state index in [4.69, 9.17) is 16.7 Å². The smallest absolute Gasteiger partial charge is 0.330 e. The van der Waals surface area contributed by atoms with Crippen LogP contribution in [0.1, 0.15) is 11.6 Å². The summed E-state index contributed by atoms with van der Waals surface area (Å²) in [4.78, 5) is 20.9. The molecular formula is C9H8ClNO3. The highest BCUT2D eigenvalue weighted by atomic mass is 35.5. The molecule has 0 aliphatic carbocycles. The zero-order chi connectivity index (χ0) is 10.6. The van der Waals surface area contributed by atoms with Crippen LogP contribution in [-0.4, -0.2) is 17.5 Å². The number of halogens is 1. The maximum Gasteiger partial charge on any atom is 0.330 e. The number of carboxylic acid groups (broad SMARTS) is 1. The summed E-state index contributed by atoms with van der Waals surface area (Å²) in [6, 6.07) is 5.37. The molecule has 14 heavy (non-hydrogen) atoms. The molecule has 0 heterocycles. The molecule has 0 saturated carbocycles. The van der Waals surface area contributed by atoms with Gasteiger partial charge in [0, 0.05) is 10.6 Å². The highest BCUT2D eigenvalue weighted by Gasteiger charge is 2.20. The number of carbonyl (C=O) groups excluding carboxylic acids is 1. The van der Waals surface area contributed by atoms with Gasteiger partial charge in [0.15, 0.2) is 6.04 Å². The molecule has 0 aromatic heterocycles. The van der Waals surface area contributed by atoms with Crippen LogP contribution in [0.5, 0.6) is 0 Å². The van der Waals surface area contributed by atoms with Crippen molar-refractivity contribution in [1.29, 1.82) is 0 Å². The molecule has 0 radical (unpaired) electrons.